The van der Waals surface area contributed by atoms with Gasteiger partial charge in [-0.2, -0.15) is 0 Å². The number of amides is 1. The van der Waals surface area contributed by atoms with Crippen LogP contribution in [-0.2, 0) is 22.7 Å². The summed E-state index contributed by atoms with van der Waals surface area (Å²) in [5.74, 6) is -0.291. The molecule has 0 aliphatic carbocycles. The van der Waals surface area contributed by atoms with Crippen LogP contribution < -0.4 is 10.4 Å². The largest absolute Gasteiger partial charge is 0.489 e. The van der Waals surface area contributed by atoms with Crippen molar-refractivity contribution >= 4 is 22.8 Å². The van der Waals surface area contributed by atoms with Crippen molar-refractivity contribution < 1.29 is 23.5 Å². The van der Waals surface area contributed by atoms with E-state index in [1.54, 1.807) is 37.4 Å². The van der Waals surface area contributed by atoms with E-state index in [0.29, 0.717) is 23.4 Å². The van der Waals surface area contributed by atoms with E-state index in [-0.39, 0.29) is 19.1 Å². The molecule has 0 aliphatic rings. The standard InChI is InChI=1S/C28H25NO6/c1-19-14-27(31)35-25-15-23(12-13-24(19)25)33-17-21-8-10-22(11-9-21)28(32)34-18-26(30)29(2)16-20-6-4-3-5-7-20/h3-15H,16-18H2,1-2H3. The SMILES string of the molecule is Cc1cc(=O)oc2cc(OCc3ccc(C(=O)OCC(=O)N(C)Cc4ccccc4)cc3)ccc12. The Morgan fingerprint density at radius 2 is 1.66 bits per heavy atom. The molecule has 0 spiro atoms. The van der Waals surface area contributed by atoms with Gasteiger partial charge in [0.05, 0.1) is 5.56 Å². The summed E-state index contributed by atoms with van der Waals surface area (Å²) in [6, 6.07) is 23.1. The predicted octanol–water partition coefficient (Wildman–Crippen LogP) is 4.50. The van der Waals surface area contributed by atoms with Crippen molar-refractivity contribution in [2.24, 2.45) is 0 Å². The summed E-state index contributed by atoms with van der Waals surface area (Å²) in [4.78, 5) is 37.7. The highest BCUT2D eigenvalue weighted by atomic mass is 16.5. The van der Waals surface area contributed by atoms with E-state index >= 15 is 0 Å². The summed E-state index contributed by atoms with van der Waals surface area (Å²) < 4.78 is 16.2. The molecule has 35 heavy (non-hydrogen) atoms. The Morgan fingerprint density at radius 1 is 0.914 bits per heavy atom. The second kappa shape index (κ2) is 10.7. The number of benzene rings is 3. The molecule has 4 aromatic rings. The number of likely N-dealkylation sites (N-methyl/N-ethyl adjacent to an activating group) is 1. The second-order valence-electron chi connectivity index (χ2n) is 8.20. The van der Waals surface area contributed by atoms with E-state index in [1.807, 2.05) is 49.4 Å². The molecule has 0 fully saturated rings. The minimum atomic E-state index is -0.571. The summed E-state index contributed by atoms with van der Waals surface area (Å²) in [6.45, 7) is 2.23. The monoisotopic (exact) mass is 471 g/mol. The molecule has 0 unspecified atom stereocenters. The van der Waals surface area contributed by atoms with Gasteiger partial charge in [-0.3, -0.25) is 4.79 Å². The maximum Gasteiger partial charge on any atom is 0.338 e. The second-order valence-corrected chi connectivity index (χ2v) is 8.20. The van der Waals surface area contributed by atoms with Crippen molar-refractivity contribution in [1.82, 2.24) is 4.90 Å². The van der Waals surface area contributed by atoms with E-state index in [4.69, 9.17) is 13.9 Å². The van der Waals surface area contributed by atoms with Gasteiger partial charge in [0.25, 0.3) is 5.91 Å². The number of carbonyl (C=O) groups excluding carboxylic acids is 2. The van der Waals surface area contributed by atoms with Crippen LogP contribution in [0.3, 0.4) is 0 Å². The Bertz CT molecular complexity index is 1390. The van der Waals surface area contributed by atoms with Crippen molar-refractivity contribution in [3.63, 3.8) is 0 Å². The molecule has 7 nitrogen and oxygen atoms in total. The lowest BCUT2D eigenvalue weighted by Crippen LogP contribution is -2.30. The third-order valence-corrected chi connectivity index (χ3v) is 5.53. The summed E-state index contributed by atoms with van der Waals surface area (Å²) in [6.07, 6.45) is 0. The highest BCUT2D eigenvalue weighted by molar-refractivity contribution is 5.91. The van der Waals surface area contributed by atoms with Crippen LogP contribution in [0.2, 0.25) is 0 Å². The Morgan fingerprint density at radius 3 is 2.40 bits per heavy atom. The maximum atomic E-state index is 12.3. The minimum Gasteiger partial charge on any atom is -0.489 e. The number of aryl methyl sites for hydroxylation is 1. The number of hydrogen-bond donors (Lipinski definition) is 0. The zero-order valence-corrected chi connectivity index (χ0v) is 19.5. The maximum absolute atomic E-state index is 12.3. The molecule has 0 saturated carbocycles. The van der Waals surface area contributed by atoms with Crippen LogP contribution in [0.25, 0.3) is 11.0 Å². The lowest BCUT2D eigenvalue weighted by molar-refractivity contribution is -0.133. The predicted molar refractivity (Wildman–Crippen MR) is 131 cm³/mol. The highest BCUT2D eigenvalue weighted by Gasteiger charge is 2.14. The van der Waals surface area contributed by atoms with Crippen LogP contribution in [0.1, 0.15) is 27.0 Å². The van der Waals surface area contributed by atoms with Crippen LogP contribution in [-0.4, -0.2) is 30.4 Å². The van der Waals surface area contributed by atoms with Crippen molar-refractivity contribution in [1.29, 1.82) is 0 Å². The van der Waals surface area contributed by atoms with Crippen molar-refractivity contribution in [2.45, 2.75) is 20.1 Å². The normalized spacial score (nSPS) is 10.7. The molecule has 0 aliphatic heterocycles. The number of nitrogens with zero attached hydrogens (tertiary/aromatic N) is 1. The number of fused-ring (bicyclic) bond motifs is 1. The molecule has 1 heterocycles. The van der Waals surface area contributed by atoms with Crippen LogP contribution in [0.15, 0.2) is 88.1 Å². The quantitative estimate of drug-likeness (QED) is 0.278. The van der Waals surface area contributed by atoms with Gasteiger partial charge >= 0.3 is 11.6 Å². The number of rotatable bonds is 8. The first-order chi connectivity index (χ1) is 16.9. The zero-order valence-electron chi connectivity index (χ0n) is 19.5. The average Bonchev–Trinajstić information content (AvgIpc) is 2.86. The molecular formula is C28H25NO6. The third-order valence-electron chi connectivity index (χ3n) is 5.53. The molecule has 0 bridgehead atoms. The summed E-state index contributed by atoms with van der Waals surface area (Å²) in [5, 5.41) is 0.851. The smallest absolute Gasteiger partial charge is 0.338 e. The Kier molecular flexibility index (Phi) is 7.26. The van der Waals surface area contributed by atoms with E-state index in [2.05, 4.69) is 0 Å². The fourth-order valence-electron chi connectivity index (χ4n) is 3.57. The Balaban J connectivity index is 1.29. The van der Waals surface area contributed by atoms with Crippen LogP contribution in [0.5, 0.6) is 5.75 Å². The molecule has 0 saturated heterocycles. The van der Waals surface area contributed by atoms with Gasteiger partial charge in [-0.05, 0) is 47.9 Å². The molecule has 0 atom stereocenters. The molecular weight excluding hydrogens is 446 g/mol. The first-order valence-corrected chi connectivity index (χ1v) is 11.1. The molecule has 1 aromatic heterocycles. The molecule has 3 aromatic carbocycles. The average molecular weight is 472 g/mol. The lowest BCUT2D eigenvalue weighted by Gasteiger charge is -2.17. The fraction of sp³-hybridized carbons (Fsp3) is 0.179. The summed E-state index contributed by atoms with van der Waals surface area (Å²) in [7, 11) is 1.67. The highest BCUT2D eigenvalue weighted by Crippen LogP contribution is 2.23. The van der Waals surface area contributed by atoms with Crippen LogP contribution in [0.4, 0.5) is 0 Å². The topological polar surface area (TPSA) is 86.0 Å². The van der Waals surface area contributed by atoms with Gasteiger partial charge in [-0.1, -0.05) is 42.5 Å². The van der Waals surface area contributed by atoms with Gasteiger partial charge in [-0.25, -0.2) is 9.59 Å². The van der Waals surface area contributed by atoms with E-state index in [0.717, 1.165) is 22.1 Å². The van der Waals surface area contributed by atoms with E-state index in [1.165, 1.54) is 11.0 Å². The summed E-state index contributed by atoms with van der Waals surface area (Å²) in [5.41, 5.74) is 3.08. The van der Waals surface area contributed by atoms with E-state index in [9.17, 15) is 14.4 Å². The zero-order chi connectivity index (χ0) is 24.8. The first-order valence-electron chi connectivity index (χ1n) is 11.1. The number of hydrogen-bond acceptors (Lipinski definition) is 6. The van der Waals surface area contributed by atoms with Crippen molar-refractivity contribution in [3.05, 3.63) is 112 Å². The van der Waals surface area contributed by atoms with Crippen LogP contribution in [0, 0.1) is 6.92 Å². The van der Waals surface area contributed by atoms with Gasteiger partial charge < -0.3 is 18.8 Å². The van der Waals surface area contributed by atoms with Crippen molar-refractivity contribution in [2.75, 3.05) is 13.7 Å². The molecule has 178 valence electrons. The third kappa shape index (κ3) is 6.14. The molecule has 0 radical (unpaired) electrons. The molecule has 4 rings (SSSR count). The summed E-state index contributed by atoms with van der Waals surface area (Å²) >= 11 is 0. The number of esters is 1. The minimum absolute atomic E-state index is 0.264. The molecule has 7 heteroatoms. The molecule has 0 N–H and O–H groups in total. The van der Waals surface area contributed by atoms with Gasteiger partial charge in [-0.15, -0.1) is 0 Å². The Hall–Kier alpha value is -4.39. The van der Waals surface area contributed by atoms with Gasteiger partial charge in [0, 0.05) is 31.1 Å². The van der Waals surface area contributed by atoms with Gasteiger partial charge in [0.15, 0.2) is 6.61 Å². The number of carbonyl (C=O) groups is 2. The first kappa shape index (κ1) is 23.8. The van der Waals surface area contributed by atoms with Gasteiger partial charge in [0.2, 0.25) is 0 Å². The van der Waals surface area contributed by atoms with E-state index < -0.39 is 11.6 Å². The van der Waals surface area contributed by atoms with Crippen LogP contribution >= 0.6 is 0 Å². The molecule has 1 amide bonds. The lowest BCUT2D eigenvalue weighted by atomic mass is 10.1. The fourth-order valence-corrected chi connectivity index (χ4v) is 3.57. The van der Waals surface area contributed by atoms with Crippen molar-refractivity contribution in [3.8, 4) is 5.75 Å². The number of ether oxygens (including phenoxy) is 2. The van der Waals surface area contributed by atoms with Gasteiger partial charge in [0.1, 0.15) is 17.9 Å². The Labute approximate surface area is 202 Å².